The minimum atomic E-state index is -0.442. The molecule has 0 atom stereocenters. The number of carbonyl (C=O) groups is 2. The van der Waals surface area contributed by atoms with Crippen molar-refractivity contribution in [2.45, 2.75) is 6.92 Å². The van der Waals surface area contributed by atoms with Crippen molar-refractivity contribution in [3.05, 3.63) is 89.6 Å². The average molecular weight is 414 g/mol. The molecule has 1 heterocycles. The molecular formula is C25H22N2O4. The molecule has 0 aromatic heterocycles. The van der Waals surface area contributed by atoms with Crippen LogP contribution in [0.5, 0.6) is 11.5 Å². The molecule has 0 aliphatic carbocycles. The van der Waals surface area contributed by atoms with Crippen LogP contribution in [0.25, 0.3) is 5.57 Å². The minimum absolute atomic E-state index is 0.167. The molecule has 2 amide bonds. The maximum absolute atomic E-state index is 13.6. The molecule has 0 fully saturated rings. The van der Waals surface area contributed by atoms with Gasteiger partial charge in [0, 0.05) is 5.56 Å². The molecule has 0 saturated heterocycles. The molecule has 1 aliphatic rings. The normalized spacial score (nSPS) is 13.6. The van der Waals surface area contributed by atoms with Gasteiger partial charge in [-0.2, -0.15) is 0 Å². The monoisotopic (exact) mass is 414 g/mol. The van der Waals surface area contributed by atoms with Crippen LogP contribution >= 0.6 is 0 Å². The van der Waals surface area contributed by atoms with Gasteiger partial charge in [0.1, 0.15) is 17.2 Å². The number of amides is 2. The Kier molecular flexibility index (Phi) is 5.45. The fraction of sp³-hybridized carbons (Fsp3) is 0.120. The second-order valence-electron chi connectivity index (χ2n) is 7.06. The van der Waals surface area contributed by atoms with Crippen LogP contribution in [0.1, 0.15) is 11.1 Å². The first-order chi connectivity index (χ1) is 15.0. The van der Waals surface area contributed by atoms with E-state index in [1.54, 1.807) is 43.5 Å². The van der Waals surface area contributed by atoms with E-state index in [4.69, 9.17) is 9.47 Å². The summed E-state index contributed by atoms with van der Waals surface area (Å²) in [5.74, 6) is 0.201. The van der Waals surface area contributed by atoms with E-state index in [1.807, 2.05) is 43.3 Å². The summed E-state index contributed by atoms with van der Waals surface area (Å²) >= 11 is 0. The number of nitrogens with zero attached hydrogens (tertiary/aromatic N) is 1. The molecule has 31 heavy (non-hydrogen) atoms. The van der Waals surface area contributed by atoms with Gasteiger partial charge in [0.2, 0.25) is 0 Å². The third-order valence-electron chi connectivity index (χ3n) is 5.09. The SMILES string of the molecule is COc1ccccc1NC1=C(c2ccccc2OC)C(=O)N(c2cccc(C)c2)C1=O. The highest BCUT2D eigenvalue weighted by Gasteiger charge is 2.41. The molecule has 3 aromatic rings. The molecule has 4 rings (SSSR count). The van der Waals surface area contributed by atoms with Gasteiger partial charge in [-0.1, -0.05) is 42.5 Å². The quantitative estimate of drug-likeness (QED) is 0.605. The summed E-state index contributed by atoms with van der Waals surface area (Å²) in [5, 5.41) is 3.14. The second kappa shape index (κ2) is 8.36. The van der Waals surface area contributed by atoms with Crippen LogP contribution in [-0.2, 0) is 9.59 Å². The Labute approximate surface area is 180 Å². The lowest BCUT2D eigenvalue weighted by Gasteiger charge is -2.16. The predicted octanol–water partition coefficient (Wildman–Crippen LogP) is 4.41. The van der Waals surface area contributed by atoms with E-state index in [-0.39, 0.29) is 11.3 Å². The van der Waals surface area contributed by atoms with E-state index in [1.165, 1.54) is 12.0 Å². The fourth-order valence-corrected chi connectivity index (χ4v) is 3.63. The number of aryl methyl sites for hydroxylation is 1. The second-order valence-corrected chi connectivity index (χ2v) is 7.06. The summed E-state index contributed by atoms with van der Waals surface area (Å²) in [4.78, 5) is 28.3. The van der Waals surface area contributed by atoms with Crippen molar-refractivity contribution in [3.63, 3.8) is 0 Å². The van der Waals surface area contributed by atoms with Gasteiger partial charge in [0.25, 0.3) is 11.8 Å². The summed E-state index contributed by atoms with van der Waals surface area (Å²) in [6, 6.07) is 21.7. The van der Waals surface area contributed by atoms with Gasteiger partial charge in [0.05, 0.1) is 31.2 Å². The van der Waals surface area contributed by atoms with Crippen molar-refractivity contribution in [3.8, 4) is 11.5 Å². The van der Waals surface area contributed by atoms with E-state index >= 15 is 0 Å². The molecule has 0 radical (unpaired) electrons. The Morgan fingerprint density at radius 1 is 0.774 bits per heavy atom. The van der Waals surface area contributed by atoms with E-state index in [2.05, 4.69) is 5.32 Å². The summed E-state index contributed by atoms with van der Waals surface area (Å²) < 4.78 is 10.9. The van der Waals surface area contributed by atoms with Crippen molar-refractivity contribution < 1.29 is 19.1 Å². The zero-order valence-electron chi connectivity index (χ0n) is 17.5. The summed E-state index contributed by atoms with van der Waals surface area (Å²) in [5.41, 5.74) is 2.99. The Hall–Kier alpha value is -4.06. The lowest BCUT2D eigenvalue weighted by molar-refractivity contribution is -0.120. The standard InChI is InChI=1S/C25H22N2O4/c1-16-9-8-10-17(15-16)27-24(28)22(18-11-4-6-13-20(18)30-2)23(25(27)29)26-19-12-5-7-14-21(19)31-3/h4-15,26H,1-3H3. The number of methoxy groups -OCH3 is 2. The number of benzene rings is 3. The molecular weight excluding hydrogens is 392 g/mol. The average Bonchev–Trinajstić information content (AvgIpc) is 3.03. The molecule has 0 bridgehead atoms. The van der Waals surface area contributed by atoms with Gasteiger partial charge >= 0.3 is 0 Å². The highest BCUT2D eigenvalue weighted by atomic mass is 16.5. The highest BCUT2D eigenvalue weighted by Crippen LogP contribution is 2.38. The van der Waals surface area contributed by atoms with Crippen LogP contribution in [0.2, 0.25) is 0 Å². The molecule has 6 nitrogen and oxygen atoms in total. The summed E-state index contributed by atoms with van der Waals surface area (Å²) in [6.45, 7) is 1.91. The Balaban J connectivity index is 1.89. The molecule has 1 N–H and O–H groups in total. The maximum Gasteiger partial charge on any atom is 0.282 e. The molecule has 1 aliphatic heterocycles. The first-order valence-electron chi connectivity index (χ1n) is 9.78. The van der Waals surface area contributed by atoms with E-state index in [9.17, 15) is 9.59 Å². The van der Waals surface area contributed by atoms with E-state index in [0.717, 1.165) is 5.56 Å². The van der Waals surface area contributed by atoms with Crippen molar-refractivity contribution >= 4 is 28.8 Å². The van der Waals surface area contributed by atoms with Gasteiger partial charge in [-0.3, -0.25) is 9.59 Å². The lowest BCUT2D eigenvalue weighted by Crippen LogP contribution is -2.32. The maximum atomic E-state index is 13.6. The Morgan fingerprint density at radius 2 is 1.45 bits per heavy atom. The predicted molar refractivity (Wildman–Crippen MR) is 120 cm³/mol. The minimum Gasteiger partial charge on any atom is -0.496 e. The number of hydrogen-bond donors (Lipinski definition) is 1. The molecule has 3 aromatic carbocycles. The Morgan fingerprint density at radius 3 is 2.16 bits per heavy atom. The van der Waals surface area contributed by atoms with Gasteiger partial charge in [-0.15, -0.1) is 0 Å². The number of rotatable bonds is 6. The zero-order chi connectivity index (χ0) is 22.0. The van der Waals surface area contributed by atoms with Crippen LogP contribution in [0.15, 0.2) is 78.5 Å². The molecule has 0 saturated carbocycles. The molecule has 0 spiro atoms. The van der Waals surface area contributed by atoms with Crippen LogP contribution < -0.4 is 19.7 Å². The largest absolute Gasteiger partial charge is 0.496 e. The van der Waals surface area contributed by atoms with Crippen LogP contribution in [0, 0.1) is 6.92 Å². The van der Waals surface area contributed by atoms with Crippen molar-refractivity contribution in [1.82, 2.24) is 0 Å². The number of anilines is 2. The number of hydrogen-bond acceptors (Lipinski definition) is 5. The third-order valence-corrected chi connectivity index (χ3v) is 5.09. The van der Waals surface area contributed by atoms with Gasteiger partial charge < -0.3 is 14.8 Å². The molecule has 0 unspecified atom stereocenters. The lowest BCUT2D eigenvalue weighted by atomic mass is 10.0. The number of nitrogens with one attached hydrogen (secondary N) is 1. The van der Waals surface area contributed by atoms with Crippen LogP contribution in [-0.4, -0.2) is 26.0 Å². The van der Waals surface area contributed by atoms with Crippen molar-refractivity contribution in [1.29, 1.82) is 0 Å². The smallest absolute Gasteiger partial charge is 0.282 e. The zero-order valence-corrected chi connectivity index (χ0v) is 17.5. The first kappa shape index (κ1) is 20.2. The van der Waals surface area contributed by atoms with Crippen LogP contribution in [0.4, 0.5) is 11.4 Å². The van der Waals surface area contributed by atoms with Gasteiger partial charge in [-0.05, 0) is 42.8 Å². The molecule has 156 valence electrons. The fourth-order valence-electron chi connectivity index (χ4n) is 3.63. The van der Waals surface area contributed by atoms with Crippen LogP contribution in [0.3, 0.4) is 0 Å². The number of para-hydroxylation sites is 3. The van der Waals surface area contributed by atoms with E-state index < -0.39 is 11.8 Å². The van der Waals surface area contributed by atoms with Gasteiger partial charge in [-0.25, -0.2) is 4.90 Å². The summed E-state index contributed by atoms with van der Waals surface area (Å²) in [7, 11) is 3.09. The third kappa shape index (κ3) is 3.64. The van der Waals surface area contributed by atoms with Gasteiger partial charge in [0.15, 0.2) is 0 Å². The summed E-state index contributed by atoms with van der Waals surface area (Å²) in [6.07, 6.45) is 0. The highest BCUT2D eigenvalue weighted by molar-refractivity contribution is 6.46. The van der Waals surface area contributed by atoms with Crippen molar-refractivity contribution in [2.24, 2.45) is 0 Å². The van der Waals surface area contributed by atoms with E-state index in [0.29, 0.717) is 28.4 Å². The number of carbonyl (C=O) groups excluding carboxylic acids is 2. The topological polar surface area (TPSA) is 67.9 Å². The molecule has 6 heteroatoms. The van der Waals surface area contributed by atoms with Crippen molar-refractivity contribution in [2.75, 3.05) is 24.4 Å². The Bertz CT molecular complexity index is 1200. The number of imide groups is 1. The number of ether oxygens (including phenoxy) is 2. The first-order valence-corrected chi connectivity index (χ1v) is 9.78.